The zero-order valence-electron chi connectivity index (χ0n) is 19.0. The number of benzene rings is 2. The highest BCUT2D eigenvalue weighted by atomic mass is 16.5. The number of carbonyl (C=O) groups is 3. The van der Waals surface area contributed by atoms with E-state index < -0.39 is 11.8 Å². The van der Waals surface area contributed by atoms with Crippen molar-refractivity contribution in [3.8, 4) is 17.4 Å². The zero-order valence-corrected chi connectivity index (χ0v) is 19.0. The number of pyridine rings is 1. The molecule has 5 rings (SSSR count). The van der Waals surface area contributed by atoms with Gasteiger partial charge in [0.25, 0.3) is 17.7 Å². The van der Waals surface area contributed by atoms with Crippen molar-refractivity contribution in [2.24, 2.45) is 0 Å². The number of hydrogen-bond donors (Lipinski definition) is 1. The van der Waals surface area contributed by atoms with E-state index >= 15 is 0 Å². The number of fused-ring (bicyclic) bond motifs is 1. The summed E-state index contributed by atoms with van der Waals surface area (Å²) < 4.78 is 16.5. The first-order valence-corrected chi connectivity index (χ1v) is 11.2. The van der Waals surface area contributed by atoms with Crippen LogP contribution in [0.15, 0.2) is 60.8 Å². The fourth-order valence-electron chi connectivity index (χ4n) is 4.11. The molecule has 1 fully saturated rings. The molecule has 2 aromatic carbocycles. The molecule has 9 nitrogen and oxygen atoms in total. The molecule has 178 valence electrons. The number of hydrogen-bond acceptors (Lipinski definition) is 7. The van der Waals surface area contributed by atoms with Gasteiger partial charge < -0.3 is 19.5 Å². The summed E-state index contributed by atoms with van der Waals surface area (Å²) in [6.45, 7) is 0.853. The maximum atomic E-state index is 13.0. The molecule has 3 amide bonds. The molecule has 1 atom stereocenters. The summed E-state index contributed by atoms with van der Waals surface area (Å²) in [6.07, 6.45) is 3.13. The van der Waals surface area contributed by atoms with Crippen LogP contribution in [0.1, 0.15) is 43.9 Å². The predicted octanol–water partition coefficient (Wildman–Crippen LogP) is 3.91. The van der Waals surface area contributed by atoms with E-state index in [1.165, 1.54) is 23.1 Å². The summed E-state index contributed by atoms with van der Waals surface area (Å²) >= 11 is 0. The Labute approximate surface area is 201 Å². The van der Waals surface area contributed by atoms with Crippen molar-refractivity contribution >= 4 is 23.4 Å². The van der Waals surface area contributed by atoms with Gasteiger partial charge in [-0.3, -0.25) is 19.3 Å². The normalized spacial score (nSPS) is 16.8. The Kier molecular flexibility index (Phi) is 6.15. The Hall–Kier alpha value is -4.24. The minimum atomic E-state index is -0.460. The zero-order chi connectivity index (χ0) is 24.4. The molecule has 9 heteroatoms. The number of imide groups is 1. The van der Waals surface area contributed by atoms with E-state index in [-0.39, 0.29) is 41.1 Å². The number of carbonyl (C=O) groups excluding carboxylic acids is 3. The van der Waals surface area contributed by atoms with Gasteiger partial charge >= 0.3 is 0 Å². The van der Waals surface area contributed by atoms with Crippen molar-refractivity contribution in [3.05, 3.63) is 77.5 Å². The third-order valence-corrected chi connectivity index (χ3v) is 5.94. The molecule has 35 heavy (non-hydrogen) atoms. The molecule has 1 N–H and O–H groups in total. The highest BCUT2D eigenvalue weighted by Gasteiger charge is 2.38. The fraction of sp³-hybridized carbons (Fsp3) is 0.231. The summed E-state index contributed by atoms with van der Waals surface area (Å²) in [4.78, 5) is 44.1. The summed E-state index contributed by atoms with van der Waals surface area (Å²) in [7, 11) is 1.58. The molecular formula is C26H23N3O6. The van der Waals surface area contributed by atoms with Gasteiger partial charge in [-0.05, 0) is 67.4 Å². The van der Waals surface area contributed by atoms with Crippen LogP contribution in [0.3, 0.4) is 0 Å². The van der Waals surface area contributed by atoms with Crippen molar-refractivity contribution in [3.63, 3.8) is 0 Å². The second-order valence-corrected chi connectivity index (χ2v) is 8.20. The second kappa shape index (κ2) is 9.55. The average molecular weight is 473 g/mol. The SMILES string of the molecule is COc1ccc(Oc2ncccc2NC(=O)c2ccc3c(c2)C(=O)N(CC2CCCO2)C3=O)cc1. The molecule has 0 bridgehead atoms. The van der Waals surface area contributed by atoms with Crippen molar-refractivity contribution < 1.29 is 28.6 Å². The van der Waals surface area contributed by atoms with Crippen LogP contribution >= 0.6 is 0 Å². The standard InChI is InChI=1S/C26H23N3O6/c1-33-17-7-9-18(10-8-17)35-24-22(5-2-12-27-24)28-23(30)16-6-11-20-21(14-16)26(32)29(25(20)31)15-19-4-3-13-34-19/h2,5-12,14,19H,3-4,13,15H2,1H3,(H,28,30). The summed E-state index contributed by atoms with van der Waals surface area (Å²) in [5.74, 6) is 0.174. The van der Waals surface area contributed by atoms with Gasteiger partial charge in [-0.2, -0.15) is 0 Å². The molecule has 1 aromatic heterocycles. The number of anilines is 1. The Morgan fingerprint density at radius 3 is 2.60 bits per heavy atom. The largest absolute Gasteiger partial charge is 0.497 e. The van der Waals surface area contributed by atoms with Gasteiger partial charge in [0.15, 0.2) is 0 Å². The van der Waals surface area contributed by atoms with Gasteiger partial charge in [0.2, 0.25) is 5.88 Å². The minimum absolute atomic E-state index is 0.144. The molecule has 0 saturated carbocycles. The monoisotopic (exact) mass is 473 g/mol. The van der Waals surface area contributed by atoms with E-state index in [0.29, 0.717) is 23.8 Å². The maximum Gasteiger partial charge on any atom is 0.261 e. The predicted molar refractivity (Wildman–Crippen MR) is 126 cm³/mol. The lowest BCUT2D eigenvalue weighted by atomic mass is 10.1. The quantitative estimate of drug-likeness (QED) is 0.519. The lowest BCUT2D eigenvalue weighted by Gasteiger charge is -2.17. The first-order chi connectivity index (χ1) is 17.0. The van der Waals surface area contributed by atoms with Gasteiger partial charge in [0.05, 0.1) is 30.9 Å². The van der Waals surface area contributed by atoms with E-state index in [1.54, 1.807) is 49.7 Å². The smallest absolute Gasteiger partial charge is 0.261 e. The molecule has 3 aromatic rings. The van der Waals surface area contributed by atoms with Crippen LogP contribution in [0.2, 0.25) is 0 Å². The van der Waals surface area contributed by atoms with Gasteiger partial charge in [0.1, 0.15) is 17.2 Å². The molecule has 2 aliphatic heterocycles. The molecular weight excluding hydrogens is 450 g/mol. The molecule has 3 heterocycles. The van der Waals surface area contributed by atoms with Crippen LogP contribution in [-0.2, 0) is 4.74 Å². The first-order valence-electron chi connectivity index (χ1n) is 11.2. The molecule has 1 saturated heterocycles. The number of amides is 3. The van der Waals surface area contributed by atoms with Crippen LogP contribution in [-0.4, -0.2) is 54.0 Å². The number of aromatic nitrogens is 1. The number of methoxy groups -OCH3 is 1. The van der Waals surface area contributed by atoms with Gasteiger partial charge in [-0.15, -0.1) is 0 Å². The highest BCUT2D eigenvalue weighted by Crippen LogP contribution is 2.30. The summed E-state index contributed by atoms with van der Waals surface area (Å²) in [5.41, 5.74) is 1.09. The highest BCUT2D eigenvalue weighted by molar-refractivity contribution is 6.22. The Morgan fingerprint density at radius 2 is 1.86 bits per heavy atom. The van der Waals surface area contributed by atoms with Crippen LogP contribution < -0.4 is 14.8 Å². The molecule has 2 aliphatic rings. The topological polar surface area (TPSA) is 107 Å². The number of nitrogens with one attached hydrogen (secondary N) is 1. The second-order valence-electron chi connectivity index (χ2n) is 8.20. The number of rotatable bonds is 7. The van der Waals surface area contributed by atoms with Crippen molar-refractivity contribution in [1.29, 1.82) is 0 Å². The van der Waals surface area contributed by atoms with Crippen LogP contribution in [0.4, 0.5) is 5.69 Å². The number of nitrogens with zero attached hydrogens (tertiary/aromatic N) is 2. The Balaban J connectivity index is 1.32. The lowest BCUT2D eigenvalue weighted by Crippen LogP contribution is -2.36. The molecule has 0 aliphatic carbocycles. The van der Waals surface area contributed by atoms with Crippen LogP contribution in [0, 0.1) is 0 Å². The van der Waals surface area contributed by atoms with E-state index in [1.807, 2.05) is 0 Å². The third kappa shape index (κ3) is 4.58. The van der Waals surface area contributed by atoms with Crippen molar-refractivity contribution in [1.82, 2.24) is 9.88 Å². The molecule has 1 unspecified atom stereocenters. The maximum absolute atomic E-state index is 13.0. The van der Waals surface area contributed by atoms with E-state index in [9.17, 15) is 14.4 Å². The van der Waals surface area contributed by atoms with E-state index in [2.05, 4.69) is 10.3 Å². The summed E-state index contributed by atoms with van der Waals surface area (Å²) in [6, 6.07) is 14.8. The van der Waals surface area contributed by atoms with Gasteiger partial charge in [-0.1, -0.05) is 0 Å². The van der Waals surface area contributed by atoms with Gasteiger partial charge in [0, 0.05) is 18.4 Å². The fourth-order valence-corrected chi connectivity index (χ4v) is 4.11. The number of ether oxygens (including phenoxy) is 3. The molecule has 0 spiro atoms. The molecule has 0 radical (unpaired) electrons. The lowest BCUT2D eigenvalue weighted by molar-refractivity contribution is 0.0475. The Bertz CT molecular complexity index is 1280. The first kappa shape index (κ1) is 22.5. The van der Waals surface area contributed by atoms with Crippen molar-refractivity contribution in [2.75, 3.05) is 25.6 Å². The van der Waals surface area contributed by atoms with Crippen LogP contribution in [0.5, 0.6) is 17.4 Å². The van der Waals surface area contributed by atoms with E-state index in [0.717, 1.165) is 12.8 Å². The van der Waals surface area contributed by atoms with Crippen LogP contribution in [0.25, 0.3) is 0 Å². The van der Waals surface area contributed by atoms with Crippen molar-refractivity contribution in [2.45, 2.75) is 18.9 Å². The minimum Gasteiger partial charge on any atom is -0.497 e. The summed E-state index contributed by atoms with van der Waals surface area (Å²) in [5, 5.41) is 2.78. The van der Waals surface area contributed by atoms with Gasteiger partial charge in [-0.25, -0.2) is 4.98 Å². The third-order valence-electron chi connectivity index (χ3n) is 5.94. The Morgan fingerprint density at radius 1 is 1.09 bits per heavy atom. The average Bonchev–Trinajstić information content (AvgIpc) is 3.48. The van der Waals surface area contributed by atoms with E-state index in [4.69, 9.17) is 14.2 Å².